The molecule has 84 valence electrons. The molecule has 2 aromatic rings. The van der Waals surface area contributed by atoms with Crippen LogP contribution in [0, 0.1) is 6.92 Å². The van der Waals surface area contributed by atoms with Crippen LogP contribution in [0.1, 0.15) is 31.9 Å². The van der Waals surface area contributed by atoms with Gasteiger partial charge >= 0.3 is 0 Å². The standard InChI is InChI=1S/C15H18O/c1-10-8-12-11(14(16)9-10)6-5-7-13(12)15(2,3)4/h5-9,16H,1-4H3. The predicted octanol–water partition coefficient (Wildman–Crippen LogP) is 4.15. The molecule has 0 saturated heterocycles. The predicted molar refractivity (Wildman–Crippen MR) is 69.0 cm³/mol. The molecule has 0 aliphatic rings. The van der Waals surface area contributed by atoms with E-state index in [0.717, 1.165) is 16.3 Å². The highest BCUT2D eigenvalue weighted by Gasteiger charge is 2.17. The molecule has 0 bridgehead atoms. The van der Waals surface area contributed by atoms with Crippen LogP contribution in [-0.4, -0.2) is 5.11 Å². The van der Waals surface area contributed by atoms with Gasteiger partial charge in [-0.15, -0.1) is 0 Å². The summed E-state index contributed by atoms with van der Waals surface area (Å²) in [5.74, 6) is 0.376. The van der Waals surface area contributed by atoms with Gasteiger partial charge in [0, 0.05) is 5.39 Å². The minimum Gasteiger partial charge on any atom is -0.507 e. The summed E-state index contributed by atoms with van der Waals surface area (Å²) in [6.07, 6.45) is 0. The molecule has 1 nitrogen and oxygen atoms in total. The van der Waals surface area contributed by atoms with Gasteiger partial charge in [-0.2, -0.15) is 0 Å². The molecule has 2 aromatic carbocycles. The lowest BCUT2D eigenvalue weighted by molar-refractivity contribution is 0.481. The molecule has 0 heterocycles. The maximum absolute atomic E-state index is 9.94. The van der Waals surface area contributed by atoms with Crippen molar-refractivity contribution < 1.29 is 5.11 Å². The van der Waals surface area contributed by atoms with Gasteiger partial charge in [0.1, 0.15) is 5.75 Å². The van der Waals surface area contributed by atoms with Crippen LogP contribution in [0.25, 0.3) is 10.8 Å². The summed E-state index contributed by atoms with van der Waals surface area (Å²) in [5, 5.41) is 12.0. The number of phenols is 1. The quantitative estimate of drug-likeness (QED) is 0.698. The van der Waals surface area contributed by atoms with Gasteiger partial charge < -0.3 is 5.11 Å². The Kier molecular flexibility index (Phi) is 2.42. The molecule has 0 aromatic heterocycles. The van der Waals surface area contributed by atoms with E-state index >= 15 is 0 Å². The minimum atomic E-state index is 0.0970. The van der Waals surface area contributed by atoms with Crippen LogP contribution < -0.4 is 0 Å². The third-order valence-corrected chi connectivity index (χ3v) is 2.93. The molecular weight excluding hydrogens is 196 g/mol. The lowest BCUT2D eigenvalue weighted by Crippen LogP contribution is -2.11. The maximum Gasteiger partial charge on any atom is 0.123 e. The number of rotatable bonds is 0. The molecule has 0 fully saturated rings. The van der Waals surface area contributed by atoms with E-state index in [1.54, 1.807) is 0 Å². The monoisotopic (exact) mass is 214 g/mol. The van der Waals surface area contributed by atoms with Crippen molar-refractivity contribution in [2.75, 3.05) is 0 Å². The summed E-state index contributed by atoms with van der Waals surface area (Å²) in [6, 6.07) is 10.1. The first kappa shape index (κ1) is 11.0. The lowest BCUT2D eigenvalue weighted by atomic mass is 9.83. The highest BCUT2D eigenvalue weighted by Crippen LogP contribution is 2.34. The van der Waals surface area contributed by atoms with Crippen molar-refractivity contribution in [1.29, 1.82) is 0 Å². The zero-order valence-electron chi connectivity index (χ0n) is 10.3. The molecule has 0 spiro atoms. The van der Waals surface area contributed by atoms with Crippen LogP contribution in [0.5, 0.6) is 5.75 Å². The fraction of sp³-hybridized carbons (Fsp3) is 0.333. The number of hydrogen-bond donors (Lipinski definition) is 1. The van der Waals surface area contributed by atoms with Crippen LogP contribution >= 0.6 is 0 Å². The molecule has 1 N–H and O–H groups in total. The summed E-state index contributed by atoms with van der Waals surface area (Å²) in [6.45, 7) is 8.60. The van der Waals surface area contributed by atoms with E-state index in [1.807, 2.05) is 25.1 Å². The van der Waals surface area contributed by atoms with Crippen molar-refractivity contribution in [3.8, 4) is 5.75 Å². The molecule has 0 unspecified atom stereocenters. The minimum absolute atomic E-state index is 0.0970. The summed E-state index contributed by atoms with van der Waals surface area (Å²) in [7, 11) is 0. The molecule has 0 aliphatic heterocycles. The van der Waals surface area contributed by atoms with E-state index in [9.17, 15) is 5.11 Å². The Balaban J connectivity index is 2.87. The van der Waals surface area contributed by atoms with Crippen molar-refractivity contribution in [3.63, 3.8) is 0 Å². The van der Waals surface area contributed by atoms with Crippen molar-refractivity contribution in [2.24, 2.45) is 0 Å². The highest BCUT2D eigenvalue weighted by molar-refractivity contribution is 5.92. The normalized spacial score (nSPS) is 12.0. The topological polar surface area (TPSA) is 20.2 Å². The van der Waals surface area contributed by atoms with Crippen molar-refractivity contribution in [2.45, 2.75) is 33.1 Å². The average molecular weight is 214 g/mol. The van der Waals surface area contributed by atoms with Gasteiger partial charge in [0.25, 0.3) is 0 Å². The average Bonchev–Trinajstić information content (AvgIpc) is 2.15. The van der Waals surface area contributed by atoms with E-state index in [4.69, 9.17) is 0 Å². The van der Waals surface area contributed by atoms with Crippen LogP contribution in [-0.2, 0) is 5.41 Å². The molecule has 2 rings (SSSR count). The largest absolute Gasteiger partial charge is 0.507 e. The van der Waals surface area contributed by atoms with E-state index < -0.39 is 0 Å². The van der Waals surface area contributed by atoms with E-state index in [0.29, 0.717) is 5.75 Å². The Morgan fingerprint density at radius 3 is 2.31 bits per heavy atom. The first-order valence-corrected chi connectivity index (χ1v) is 5.62. The van der Waals surface area contributed by atoms with Crippen molar-refractivity contribution >= 4 is 10.8 Å². The first-order valence-electron chi connectivity index (χ1n) is 5.62. The van der Waals surface area contributed by atoms with Gasteiger partial charge in [0.2, 0.25) is 0 Å². The van der Waals surface area contributed by atoms with Crippen molar-refractivity contribution in [1.82, 2.24) is 0 Å². The number of hydrogen-bond acceptors (Lipinski definition) is 1. The van der Waals surface area contributed by atoms with Gasteiger partial charge in [-0.1, -0.05) is 45.0 Å². The smallest absolute Gasteiger partial charge is 0.123 e. The number of benzene rings is 2. The van der Waals surface area contributed by atoms with E-state index in [2.05, 4.69) is 32.9 Å². The molecule has 0 radical (unpaired) electrons. The highest BCUT2D eigenvalue weighted by atomic mass is 16.3. The fourth-order valence-electron chi connectivity index (χ4n) is 2.16. The molecule has 0 aliphatic carbocycles. The Morgan fingerprint density at radius 1 is 1.00 bits per heavy atom. The number of aromatic hydroxyl groups is 1. The SMILES string of the molecule is Cc1cc(O)c2cccc(C(C)(C)C)c2c1. The Hall–Kier alpha value is -1.50. The van der Waals surface area contributed by atoms with E-state index in [1.165, 1.54) is 5.56 Å². The van der Waals surface area contributed by atoms with Gasteiger partial charge in [0.15, 0.2) is 0 Å². The molecule has 0 saturated carbocycles. The summed E-state index contributed by atoms with van der Waals surface area (Å²) in [5.41, 5.74) is 2.48. The summed E-state index contributed by atoms with van der Waals surface area (Å²) in [4.78, 5) is 0. The molecular formula is C15H18O. The molecule has 0 atom stereocenters. The molecule has 1 heteroatoms. The third kappa shape index (κ3) is 1.78. The Labute approximate surface area is 96.7 Å². The third-order valence-electron chi connectivity index (χ3n) is 2.93. The van der Waals surface area contributed by atoms with Crippen LogP contribution in [0.4, 0.5) is 0 Å². The van der Waals surface area contributed by atoms with Crippen molar-refractivity contribution in [3.05, 3.63) is 41.5 Å². The second-order valence-corrected chi connectivity index (χ2v) is 5.43. The van der Waals surface area contributed by atoms with Gasteiger partial charge in [0.05, 0.1) is 0 Å². The number of phenolic OH excluding ortho intramolecular Hbond substituents is 1. The van der Waals surface area contributed by atoms with Gasteiger partial charge in [-0.3, -0.25) is 0 Å². The van der Waals surface area contributed by atoms with Crippen LogP contribution in [0.3, 0.4) is 0 Å². The Morgan fingerprint density at radius 2 is 1.69 bits per heavy atom. The Bertz CT molecular complexity index is 533. The van der Waals surface area contributed by atoms with Crippen LogP contribution in [0.2, 0.25) is 0 Å². The first-order chi connectivity index (χ1) is 7.39. The second-order valence-electron chi connectivity index (χ2n) is 5.43. The van der Waals surface area contributed by atoms with Gasteiger partial charge in [-0.25, -0.2) is 0 Å². The summed E-state index contributed by atoms with van der Waals surface area (Å²) < 4.78 is 0. The fourth-order valence-corrected chi connectivity index (χ4v) is 2.16. The lowest BCUT2D eigenvalue weighted by Gasteiger charge is -2.21. The summed E-state index contributed by atoms with van der Waals surface area (Å²) >= 11 is 0. The second kappa shape index (κ2) is 3.51. The number of fused-ring (bicyclic) bond motifs is 1. The van der Waals surface area contributed by atoms with Crippen LogP contribution in [0.15, 0.2) is 30.3 Å². The number of aryl methyl sites for hydroxylation is 1. The zero-order valence-corrected chi connectivity index (χ0v) is 10.3. The van der Waals surface area contributed by atoms with E-state index in [-0.39, 0.29) is 5.41 Å². The molecule has 16 heavy (non-hydrogen) atoms. The van der Waals surface area contributed by atoms with Gasteiger partial charge in [-0.05, 0) is 34.9 Å². The molecule has 0 amide bonds. The maximum atomic E-state index is 9.94. The zero-order chi connectivity index (χ0) is 11.9.